The van der Waals surface area contributed by atoms with Crippen LogP contribution in [0.5, 0.6) is 0 Å². The van der Waals surface area contributed by atoms with Gasteiger partial charge in [0.2, 0.25) is 0 Å². The lowest BCUT2D eigenvalue weighted by Crippen LogP contribution is -2.23. The van der Waals surface area contributed by atoms with Crippen LogP contribution in [-0.4, -0.2) is 42.4 Å². The highest BCUT2D eigenvalue weighted by Crippen LogP contribution is 2.47. The largest absolute Gasteiger partial charge is 0.464 e. The molecule has 7 nitrogen and oxygen atoms in total. The van der Waals surface area contributed by atoms with E-state index in [-0.39, 0.29) is 6.10 Å². The highest BCUT2D eigenvalue weighted by Gasteiger charge is 2.42. The molecule has 3 fully saturated rings. The van der Waals surface area contributed by atoms with Crippen molar-refractivity contribution in [1.29, 1.82) is 0 Å². The molecular formula is C25H25Cl2N3O4S. The van der Waals surface area contributed by atoms with Crippen LogP contribution in [0, 0.1) is 11.8 Å². The molecule has 35 heavy (non-hydrogen) atoms. The number of hydrogen-bond donors (Lipinski definition) is 0. The number of thiazole rings is 1. The molecule has 2 aromatic heterocycles. The molecule has 0 bridgehead atoms. The number of benzene rings is 1. The number of carbonyl (C=O) groups excluding carboxylic acids is 1. The van der Waals surface area contributed by atoms with Crippen molar-refractivity contribution in [2.45, 2.75) is 44.3 Å². The van der Waals surface area contributed by atoms with Gasteiger partial charge in [-0.15, -0.1) is 11.3 Å². The van der Waals surface area contributed by atoms with Crippen LogP contribution in [0.25, 0.3) is 11.3 Å². The fourth-order valence-corrected chi connectivity index (χ4v) is 6.79. The molecule has 2 saturated carbocycles. The molecule has 6 rings (SSSR count). The van der Waals surface area contributed by atoms with E-state index < -0.39 is 5.97 Å². The Morgan fingerprint density at radius 2 is 1.91 bits per heavy atom. The molecule has 0 radical (unpaired) electrons. The smallest absolute Gasteiger partial charge is 0.357 e. The zero-order chi connectivity index (χ0) is 24.1. The highest BCUT2D eigenvalue weighted by molar-refractivity contribution is 7.13. The predicted octanol–water partition coefficient (Wildman–Crippen LogP) is 6.20. The molecular weight excluding hydrogens is 509 g/mol. The summed E-state index contributed by atoms with van der Waals surface area (Å²) in [5, 5.41) is 8.13. The molecule has 3 aromatic rings. The van der Waals surface area contributed by atoms with Gasteiger partial charge in [-0.25, -0.2) is 9.78 Å². The molecule has 0 spiro atoms. The molecule has 0 amide bonds. The maximum Gasteiger partial charge on any atom is 0.357 e. The second-order valence-corrected chi connectivity index (χ2v) is 11.2. The van der Waals surface area contributed by atoms with Gasteiger partial charge in [0.15, 0.2) is 10.8 Å². The van der Waals surface area contributed by atoms with E-state index in [0.29, 0.717) is 51.4 Å². The van der Waals surface area contributed by atoms with E-state index in [1.165, 1.54) is 18.4 Å². The molecule has 1 aromatic carbocycles. The van der Waals surface area contributed by atoms with E-state index in [9.17, 15) is 4.79 Å². The Balaban J connectivity index is 1.12. The van der Waals surface area contributed by atoms with Gasteiger partial charge in [-0.2, -0.15) is 0 Å². The Morgan fingerprint density at radius 3 is 2.57 bits per heavy atom. The van der Waals surface area contributed by atoms with Crippen LogP contribution in [0.1, 0.15) is 53.4 Å². The standard InChI is InChI=1S/C25H25Cl2N3O4S/c1-32-24(31)20-12-35-25(28-20)30-9-14-7-16(8-15(14)10-30)33-11-17-22(29-34-23(17)13-5-6-13)21-18(26)3-2-4-19(21)27/h2-4,12-16H,5-11H2,1H3/t14-,15+,16+. The van der Waals surface area contributed by atoms with Crippen molar-refractivity contribution in [1.82, 2.24) is 10.1 Å². The summed E-state index contributed by atoms with van der Waals surface area (Å²) < 4.78 is 17.0. The van der Waals surface area contributed by atoms with E-state index in [0.717, 1.165) is 55.2 Å². The lowest BCUT2D eigenvalue weighted by Gasteiger charge is -2.19. The van der Waals surface area contributed by atoms with Crippen LogP contribution < -0.4 is 4.90 Å². The van der Waals surface area contributed by atoms with E-state index in [2.05, 4.69) is 15.0 Å². The van der Waals surface area contributed by atoms with E-state index in [1.807, 2.05) is 18.2 Å². The van der Waals surface area contributed by atoms with Crippen molar-refractivity contribution in [2.75, 3.05) is 25.1 Å². The average Bonchev–Trinajstić information content (AvgIpc) is 3.18. The number of halogens is 2. The summed E-state index contributed by atoms with van der Waals surface area (Å²) >= 11 is 14.5. The Hall–Kier alpha value is -2.13. The first kappa shape index (κ1) is 23.3. The van der Waals surface area contributed by atoms with Gasteiger partial charge in [0, 0.05) is 35.5 Å². The van der Waals surface area contributed by atoms with Crippen molar-refractivity contribution in [3.63, 3.8) is 0 Å². The van der Waals surface area contributed by atoms with Crippen LogP contribution in [0.4, 0.5) is 5.13 Å². The van der Waals surface area contributed by atoms with Crippen molar-refractivity contribution in [2.24, 2.45) is 11.8 Å². The number of hydrogen-bond acceptors (Lipinski definition) is 8. The third-order valence-electron chi connectivity index (χ3n) is 7.29. The first-order chi connectivity index (χ1) is 17.0. The van der Waals surface area contributed by atoms with E-state index in [4.69, 9.17) is 37.2 Å². The van der Waals surface area contributed by atoms with Gasteiger partial charge in [0.1, 0.15) is 11.5 Å². The van der Waals surface area contributed by atoms with Crippen LogP contribution in [0.3, 0.4) is 0 Å². The molecule has 3 atom stereocenters. The Bertz CT molecular complexity index is 1220. The topological polar surface area (TPSA) is 77.7 Å². The zero-order valence-electron chi connectivity index (χ0n) is 19.2. The number of anilines is 1. The molecule has 0 N–H and O–H groups in total. The Kier molecular flexibility index (Phi) is 6.25. The summed E-state index contributed by atoms with van der Waals surface area (Å²) in [7, 11) is 1.38. The second-order valence-electron chi connectivity index (χ2n) is 9.58. The number of nitrogens with zero attached hydrogens (tertiary/aromatic N) is 3. The van der Waals surface area contributed by atoms with Crippen LogP contribution >= 0.6 is 34.5 Å². The van der Waals surface area contributed by atoms with Crippen molar-refractivity contribution in [3.05, 3.63) is 50.6 Å². The number of carbonyl (C=O) groups is 1. The summed E-state index contributed by atoms with van der Waals surface area (Å²) in [5.41, 5.74) is 2.75. The van der Waals surface area contributed by atoms with Crippen molar-refractivity contribution in [3.8, 4) is 11.3 Å². The first-order valence-electron chi connectivity index (χ1n) is 11.8. The van der Waals surface area contributed by atoms with Crippen LogP contribution in [0.15, 0.2) is 28.1 Å². The molecule has 0 unspecified atom stereocenters. The summed E-state index contributed by atoms with van der Waals surface area (Å²) in [6.45, 7) is 2.30. The highest BCUT2D eigenvalue weighted by atomic mass is 35.5. The number of esters is 1. The maximum atomic E-state index is 11.7. The average molecular weight is 534 g/mol. The third kappa shape index (κ3) is 4.46. The van der Waals surface area contributed by atoms with E-state index in [1.54, 1.807) is 5.38 Å². The molecule has 1 saturated heterocycles. The number of aromatic nitrogens is 2. The van der Waals surface area contributed by atoms with Crippen molar-refractivity contribution < 1.29 is 18.8 Å². The van der Waals surface area contributed by atoms with Gasteiger partial charge < -0.3 is 18.9 Å². The number of fused-ring (bicyclic) bond motifs is 1. The Morgan fingerprint density at radius 1 is 1.20 bits per heavy atom. The molecule has 1 aliphatic heterocycles. The fraction of sp³-hybridized carbons (Fsp3) is 0.480. The minimum atomic E-state index is -0.392. The second kappa shape index (κ2) is 9.39. The summed E-state index contributed by atoms with van der Waals surface area (Å²) in [6.07, 6.45) is 4.40. The number of ether oxygens (including phenoxy) is 2. The van der Waals surface area contributed by atoms with Gasteiger partial charge >= 0.3 is 5.97 Å². The third-order valence-corrected chi connectivity index (χ3v) is 8.83. The normalized spacial score (nSPS) is 23.6. The lowest BCUT2D eigenvalue weighted by atomic mass is 10.0. The SMILES string of the molecule is COC(=O)c1csc(N2C[C@H]3C[C@H](OCc4c(-c5c(Cl)cccc5Cl)noc4C4CC4)C[C@H]3C2)n1. The molecule has 3 heterocycles. The lowest BCUT2D eigenvalue weighted by molar-refractivity contribution is 0.0403. The molecule has 184 valence electrons. The minimum Gasteiger partial charge on any atom is -0.464 e. The summed E-state index contributed by atoms with van der Waals surface area (Å²) in [5.74, 6) is 2.02. The maximum absolute atomic E-state index is 11.7. The molecule has 10 heteroatoms. The van der Waals surface area contributed by atoms with Gasteiger partial charge in [0.05, 0.1) is 29.9 Å². The fourth-order valence-electron chi connectivity index (χ4n) is 5.39. The van der Waals surface area contributed by atoms with E-state index >= 15 is 0 Å². The molecule has 3 aliphatic rings. The first-order valence-corrected chi connectivity index (χ1v) is 13.5. The van der Waals surface area contributed by atoms with Gasteiger partial charge in [0.25, 0.3) is 0 Å². The van der Waals surface area contributed by atoms with Gasteiger partial charge in [-0.05, 0) is 49.7 Å². The molecule has 2 aliphatic carbocycles. The summed E-state index contributed by atoms with van der Waals surface area (Å²) in [6, 6.07) is 5.47. The van der Waals surface area contributed by atoms with Crippen LogP contribution in [0.2, 0.25) is 10.0 Å². The van der Waals surface area contributed by atoms with Gasteiger partial charge in [-0.1, -0.05) is 34.4 Å². The number of methoxy groups -OCH3 is 1. The van der Waals surface area contributed by atoms with Crippen molar-refractivity contribution >= 4 is 45.6 Å². The predicted molar refractivity (Wildman–Crippen MR) is 134 cm³/mol. The monoisotopic (exact) mass is 533 g/mol. The summed E-state index contributed by atoms with van der Waals surface area (Å²) in [4.78, 5) is 18.5. The quantitative estimate of drug-likeness (QED) is 0.334. The minimum absolute atomic E-state index is 0.186. The van der Waals surface area contributed by atoms with Gasteiger partial charge in [-0.3, -0.25) is 0 Å². The van der Waals surface area contributed by atoms with Crippen LogP contribution in [-0.2, 0) is 16.1 Å². The Labute approximate surface area is 217 Å². The number of rotatable bonds is 7. The zero-order valence-corrected chi connectivity index (χ0v) is 21.5.